The standard InChI is InChI=1S/C11H19N3O2/c1-14(9-4-5-12-7-9)11(16)8-2-3-10(15)13-6-8/h8-9,12H,2-7H2,1H3,(H,13,15). The van der Waals surface area contributed by atoms with Crippen molar-refractivity contribution in [1.82, 2.24) is 15.5 Å². The third-order valence-corrected chi connectivity index (χ3v) is 3.54. The summed E-state index contributed by atoms with van der Waals surface area (Å²) in [4.78, 5) is 25.0. The molecule has 2 unspecified atom stereocenters. The van der Waals surface area contributed by atoms with Crippen LogP contribution in [0.2, 0.25) is 0 Å². The molecule has 0 aromatic carbocycles. The molecule has 2 aliphatic heterocycles. The first kappa shape index (κ1) is 11.4. The van der Waals surface area contributed by atoms with Gasteiger partial charge in [-0.3, -0.25) is 9.59 Å². The first-order valence-corrected chi connectivity index (χ1v) is 5.92. The monoisotopic (exact) mass is 225 g/mol. The quantitative estimate of drug-likeness (QED) is 0.655. The second-order valence-electron chi connectivity index (χ2n) is 4.64. The van der Waals surface area contributed by atoms with E-state index in [0.717, 1.165) is 19.5 Å². The molecule has 2 heterocycles. The fourth-order valence-corrected chi connectivity index (χ4v) is 2.38. The van der Waals surface area contributed by atoms with Crippen LogP contribution in [-0.4, -0.2) is 49.4 Å². The third-order valence-electron chi connectivity index (χ3n) is 3.54. The highest BCUT2D eigenvalue weighted by Crippen LogP contribution is 2.16. The lowest BCUT2D eigenvalue weighted by Crippen LogP contribution is -2.47. The van der Waals surface area contributed by atoms with Crippen LogP contribution in [0.3, 0.4) is 0 Å². The van der Waals surface area contributed by atoms with Crippen LogP contribution < -0.4 is 10.6 Å². The van der Waals surface area contributed by atoms with Gasteiger partial charge < -0.3 is 15.5 Å². The first-order chi connectivity index (χ1) is 7.68. The van der Waals surface area contributed by atoms with E-state index < -0.39 is 0 Å². The lowest BCUT2D eigenvalue weighted by atomic mass is 9.97. The molecule has 0 spiro atoms. The molecule has 90 valence electrons. The van der Waals surface area contributed by atoms with Crippen molar-refractivity contribution in [2.75, 3.05) is 26.7 Å². The molecule has 2 saturated heterocycles. The molecule has 2 aliphatic rings. The van der Waals surface area contributed by atoms with Crippen molar-refractivity contribution >= 4 is 11.8 Å². The lowest BCUT2D eigenvalue weighted by Gasteiger charge is -2.30. The summed E-state index contributed by atoms with van der Waals surface area (Å²) in [5, 5.41) is 6.01. The summed E-state index contributed by atoms with van der Waals surface area (Å²) >= 11 is 0. The summed E-state index contributed by atoms with van der Waals surface area (Å²) in [6.07, 6.45) is 2.20. The van der Waals surface area contributed by atoms with Gasteiger partial charge in [-0.15, -0.1) is 0 Å². The van der Waals surface area contributed by atoms with Gasteiger partial charge in [0.1, 0.15) is 0 Å². The van der Waals surface area contributed by atoms with E-state index in [0.29, 0.717) is 25.4 Å². The Bertz CT molecular complexity index is 277. The first-order valence-electron chi connectivity index (χ1n) is 5.92. The van der Waals surface area contributed by atoms with E-state index in [9.17, 15) is 9.59 Å². The number of likely N-dealkylation sites (N-methyl/N-ethyl adjacent to an activating group) is 1. The van der Waals surface area contributed by atoms with Crippen molar-refractivity contribution in [3.05, 3.63) is 0 Å². The topological polar surface area (TPSA) is 61.4 Å². The molecule has 0 aromatic rings. The van der Waals surface area contributed by atoms with Crippen LogP contribution in [0.4, 0.5) is 0 Å². The average Bonchev–Trinajstić information content (AvgIpc) is 2.81. The molecule has 16 heavy (non-hydrogen) atoms. The Kier molecular flexibility index (Phi) is 3.43. The van der Waals surface area contributed by atoms with E-state index in [1.54, 1.807) is 0 Å². The van der Waals surface area contributed by atoms with Gasteiger partial charge in [0.2, 0.25) is 11.8 Å². The molecule has 2 N–H and O–H groups in total. The minimum absolute atomic E-state index is 0.0247. The van der Waals surface area contributed by atoms with Gasteiger partial charge in [0.05, 0.1) is 5.92 Å². The second kappa shape index (κ2) is 4.82. The number of hydrogen-bond acceptors (Lipinski definition) is 3. The Morgan fingerprint density at radius 1 is 1.38 bits per heavy atom. The molecule has 2 amide bonds. The van der Waals surface area contributed by atoms with Gasteiger partial charge in [0.15, 0.2) is 0 Å². The Morgan fingerprint density at radius 3 is 2.75 bits per heavy atom. The van der Waals surface area contributed by atoms with Gasteiger partial charge in [-0.1, -0.05) is 0 Å². The predicted octanol–water partition coefficient (Wildman–Crippen LogP) is -0.667. The van der Waals surface area contributed by atoms with Crippen molar-refractivity contribution in [2.45, 2.75) is 25.3 Å². The summed E-state index contributed by atoms with van der Waals surface area (Å²) in [6, 6.07) is 0.324. The largest absolute Gasteiger partial charge is 0.355 e. The maximum absolute atomic E-state index is 12.1. The number of nitrogens with zero attached hydrogens (tertiary/aromatic N) is 1. The minimum Gasteiger partial charge on any atom is -0.355 e. The molecular formula is C11H19N3O2. The molecule has 0 saturated carbocycles. The summed E-state index contributed by atoms with van der Waals surface area (Å²) in [7, 11) is 1.87. The molecule has 5 nitrogen and oxygen atoms in total. The van der Waals surface area contributed by atoms with Crippen LogP contribution in [0.15, 0.2) is 0 Å². The van der Waals surface area contributed by atoms with E-state index in [1.165, 1.54) is 0 Å². The number of hydrogen-bond donors (Lipinski definition) is 2. The summed E-state index contributed by atoms with van der Waals surface area (Å²) in [6.45, 7) is 2.38. The molecule has 0 radical (unpaired) electrons. The molecule has 5 heteroatoms. The highest BCUT2D eigenvalue weighted by molar-refractivity contribution is 5.83. The molecule has 2 fully saturated rings. The molecule has 0 aliphatic carbocycles. The third kappa shape index (κ3) is 2.35. The number of nitrogens with one attached hydrogen (secondary N) is 2. The van der Waals surface area contributed by atoms with Gasteiger partial charge in [0, 0.05) is 32.6 Å². The van der Waals surface area contributed by atoms with Gasteiger partial charge in [-0.2, -0.15) is 0 Å². The number of carbonyl (C=O) groups excluding carboxylic acids is 2. The average molecular weight is 225 g/mol. The van der Waals surface area contributed by atoms with Crippen molar-refractivity contribution < 1.29 is 9.59 Å². The van der Waals surface area contributed by atoms with Gasteiger partial charge in [-0.05, 0) is 19.4 Å². The number of carbonyl (C=O) groups is 2. The van der Waals surface area contributed by atoms with Crippen LogP contribution in [0.5, 0.6) is 0 Å². The van der Waals surface area contributed by atoms with Crippen LogP contribution in [0.25, 0.3) is 0 Å². The maximum atomic E-state index is 12.1. The number of rotatable bonds is 2. The maximum Gasteiger partial charge on any atom is 0.227 e. The minimum atomic E-state index is -0.0247. The van der Waals surface area contributed by atoms with Gasteiger partial charge >= 0.3 is 0 Å². The highest BCUT2D eigenvalue weighted by Gasteiger charge is 2.30. The highest BCUT2D eigenvalue weighted by atomic mass is 16.2. The molecule has 0 bridgehead atoms. The van der Waals surface area contributed by atoms with Crippen LogP contribution >= 0.6 is 0 Å². The summed E-state index contributed by atoms with van der Waals surface area (Å²) in [5.41, 5.74) is 0. The molecular weight excluding hydrogens is 206 g/mol. The van der Waals surface area contributed by atoms with Crippen LogP contribution in [-0.2, 0) is 9.59 Å². The van der Waals surface area contributed by atoms with Crippen LogP contribution in [0.1, 0.15) is 19.3 Å². The Balaban J connectivity index is 1.88. The van der Waals surface area contributed by atoms with E-state index in [-0.39, 0.29) is 17.7 Å². The zero-order valence-electron chi connectivity index (χ0n) is 9.66. The zero-order chi connectivity index (χ0) is 11.5. The molecule has 0 aromatic heterocycles. The normalized spacial score (nSPS) is 29.9. The summed E-state index contributed by atoms with van der Waals surface area (Å²) in [5.74, 6) is 0.214. The van der Waals surface area contributed by atoms with Crippen molar-refractivity contribution in [2.24, 2.45) is 5.92 Å². The fraction of sp³-hybridized carbons (Fsp3) is 0.818. The van der Waals surface area contributed by atoms with E-state index in [2.05, 4.69) is 10.6 Å². The predicted molar refractivity (Wildman–Crippen MR) is 59.8 cm³/mol. The SMILES string of the molecule is CN(C(=O)C1CCC(=O)NC1)C1CCNC1. The summed E-state index contributed by atoms with van der Waals surface area (Å²) < 4.78 is 0. The van der Waals surface area contributed by atoms with Crippen LogP contribution in [0, 0.1) is 5.92 Å². The number of amides is 2. The Labute approximate surface area is 95.6 Å². The van der Waals surface area contributed by atoms with Crippen molar-refractivity contribution in [3.63, 3.8) is 0 Å². The molecule has 2 atom stereocenters. The van der Waals surface area contributed by atoms with Crippen molar-refractivity contribution in [3.8, 4) is 0 Å². The Hall–Kier alpha value is -1.10. The Morgan fingerprint density at radius 2 is 2.19 bits per heavy atom. The van der Waals surface area contributed by atoms with E-state index >= 15 is 0 Å². The molecule has 2 rings (SSSR count). The zero-order valence-corrected chi connectivity index (χ0v) is 9.66. The number of piperidine rings is 1. The van der Waals surface area contributed by atoms with E-state index in [1.807, 2.05) is 11.9 Å². The van der Waals surface area contributed by atoms with E-state index in [4.69, 9.17) is 0 Å². The van der Waals surface area contributed by atoms with Gasteiger partial charge in [-0.25, -0.2) is 0 Å². The smallest absolute Gasteiger partial charge is 0.227 e. The fourth-order valence-electron chi connectivity index (χ4n) is 2.38. The van der Waals surface area contributed by atoms with Gasteiger partial charge in [0.25, 0.3) is 0 Å². The second-order valence-corrected chi connectivity index (χ2v) is 4.64. The lowest BCUT2D eigenvalue weighted by molar-refractivity contribution is -0.137. The van der Waals surface area contributed by atoms with Crippen molar-refractivity contribution in [1.29, 1.82) is 0 Å².